The average Bonchev–Trinajstić information content (AvgIpc) is 2.29. The zero-order valence-electron chi connectivity index (χ0n) is 9.07. The largest absolute Gasteiger partial charge is 0.487 e. The van der Waals surface area contributed by atoms with Crippen molar-refractivity contribution in [3.63, 3.8) is 0 Å². The minimum absolute atomic E-state index is 0.0418. The Balaban J connectivity index is 3.07. The first-order valence-corrected chi connectivity index (χ1v) is 4.64. The van der Waals surface area contributed by atoms with Crippen LogP contribution in [0.3, 0.4) is 0 Å². The number of alkyl halides is 2. The number of esters is 1. The van der Waals surface area contributed by atoms with E-state index in [9.17, 15) is 13.6 Å². The van der Waals surface area contributed by atoms with Crippen LogP contribution in [-0.4, -0.2) is 26.1 Å². The lowest BCUT2D eigenvalue weighted by atomic mass is 10.1. The van der Waals surface area contributed by atoms with E-state index in [4.69, 9.17) is 16.2 Å². The summed E-state index contributed by atoms with van der Waals surface area (Å²) in [6.07, 6.45) is -2.65. The number of rotatable bonds is 4. The fourth-order valence-electron chi connectivity index (χ4n) is 1.15. The second-order valence-corrected chi connectivity index (χ2v) is 3.17. The Hall–Kier alpha value is -2.05. The number of carbonyl (C=O) groups is 1. The molecule has 4 N–H and O–H groups in total. The predicted octanol–water partition coefficient (Wildman–Crippen LogP) is 1.28. The van der Waals surface area contributed by atoms with Gasteiger partial charge in [0.05, 0.1) is 18.5 Å². The van der Waals surface area contributed by atoms with Gasteiger partial charge < -0.3 is 20.9 Å². The summed E-state index contributed by atoms with van der Waals surface area (Å²) in [6.45, 7) is -0.840. The summed E-state index contributed by atoms with van der Waals surface area (Å²) in [6, 6.07) is 2.44. The van der Waals surface area contributed by atoms with Crippen molar-refractivity contribution in [1.29, 1.82) is 0 Å². The first-order valence-electron chi connectivity index (χ1n) is 4.64. The van der Waals surface area contributed by atoms with E-state index in [0.717, 1.165) is 7.11 Å². The van der Waals surface area contributed by atoms with Crippen LogP contribution < -0.4 is 16.2 Å². The van der Waals surface area contributed by atoms with Crippen LogP contribution in [-0.2, 0) is 4.74 Å². The number of ether oxygens (including phenoxy) is 2. The molecule has 0 unspecified atom stereocenters. The minimum atomic E-state index is -2.65. The van der Waals surface area contributed by atoms with Crippen LogP contribution in [0.25, 0.3) is 0 Å². The number of hydrogen-bond donors (Lipinski definition) is 2. The lowest BCUT2D eigenvalue weighted by molar-refractivity contribution is 0.0578. The molecule has 0 aliphatic heterocycles. The highest BCUT2D eigenvalue weighted by atomic mass is 19.3. The molecule has 0 spiro atoms. The second-order valence-electron chi connectivity index (χ2n) is 3.17. The van der Waals surface area contributed by atoms with Gasteiger partial charge in [0, 0.05) is 6.07 Å². The van der Waals surface area contributed by atoms with Gasteiger partial charge in [0.2, 0.25) is 0 Å². The third-order valence-corrected chi connectivity index (χ3v) is 1.96. The van der Waals surface area contributed by atoms with Crippen molar-refractivity contribution in [2.24, 2.45) is 0 Å². The van der Waals surface area contributed by atoms with Crippen molar-refractivity contribution >= 4 is 17.3 Å². The molecule has 94 valence electrons. The Morgan fingerprint density at radius 1 is 1.35 bits per heavy atom. The van der Waals surface area contributed by atoms with Crippen LogP contribution in [0.15, 0.2) is 12.1 Å². The van der Waals surface area contributed by atoms with Crippen molar-refractivity contribution in [3.05, 3.63) is 17.7 Å². The summed E-state index contributed by atoms with van der Waals surface area (Å²) in [5.41, 5.74) is 11.2. The number of hydrogen-bond acceptors (Lipinski definition) is 5. The zero-order valence-corrected chi connectivity index (χ0v) is 9.07. The van der Waals surface area contributed by atoms with Crippen molar-refractivity contribution in [2.45, 2.75) is 6.43 Å². The van der Waals surface area contributed by atoms with E-state index in [-0.39, 0.29) is 22.7 Å². The molecule has 0 radical (unpaired) electrons. The topological polar surface area (TPSA) is 87.6 Å². The molecule has 1 aromatic carbocycles. The Labute approximate surface area is 96.3 Å². The number of benzene rings is 1. The summed E-state index contributed by atoms with van der Waals surface area (Å²) in [7, 11) is 1.16. The molecule has 0 atom stereocenters. The van der Waals surface area contributed by atoms with Crippen molar-refractivity contribution < 1.29 is 23.0 Å². The molecule has 1 rings (SSSR count). The van der Waals surface area contributed by atoms with Gasteiger partial charge in [0.15, 0.2) is 0 Å². The van der Waals surface area contributed by atoms with E-state index < -0.39 is 19.0 Å². The van der Waals surface area contributed by atoms with E-state index in [1.165, 1.54) is 12.1 Å². The lowest BCUT2D eigenvalue weighted by Gasteiger charge is -2.12. The fraction of sp³-hybridized carbons (Fsp3) is 0.300. The zero-order chi connectivity index (χ0) is 13.0. The minimum Gasteiger partial charge on any atom is -0.487 e. The second kappa shape index (κ2) is 5.33. The molecule has 0 fully saturated rings. The molecule has 17 heavy (non-hydrogen) atoms. The Morgan fingerprint density at radius 3 is 2.47 bits per heavy atom. The molecular weight excluding hydrogens is 234 g/mol. The van der Waals surface area contributed by atoms with Crippen molar-refractivity contribution in [2.75, 3.05) is 25.2 Å². The first-order chi connectivity index (χ1) is 7.95. The summed E-state index contributed by atoms with van der Waals surface area (Å²) in [5.74, 6) is -0.815. The molecule has 0 aromatic heterocycles. The third kappa shape index (κ3) is 3.20. The summed E-state index contributed by atoms with van der Waals surface area (Å²) in [4.78, 5) is 11.4. The monoisotopic (exact) mass is 246 g/mol. The van der Waals surface area contributed by atoms with Gasteiger partial charge in [-0.1, -0.05) is 0 Å². The van der Waals surface area contributed by atoms with Gasteiger partial charge in [0.25, 0.3) is 6.43 Å². The normalized spacial score (nSPS) is 10.4. The van der Waals surface area contributed by atoms with E-state index in [1.807, 2.05) is 0 Å². The van der Waals surface area contributed by atoms with E-state index in [2.05, 4.69) is 4.74 Å². The molecule has 0 aliphatic carbocycles. The SMILES string of the molecule is COC(=O)c1cc(N)c(N)cc1OCC(F)F. The van der Waals surface area contributed by atoms with Crippen LogP contribution in [0.5, 0.6) is 5.75 Å². The molecule has 0 saturated heterocycles. The lowest BCUT2D eigenvalue weighted by Crippen LogP contribution is -2.12. The Bertz CT molecular complexity index is 424. The molecule has 0 bridgehead atoms. The number of anilines is 2. The quantitative estimate of drug-likeness (QED) is 0.617. The van der Waals surface area contributed by atoms with Gasteiger partial charge in [-0.3, -0.25) is 0 Å². The average molecular weight is 246 g/mol. The number of halogens is 2. The van der Waals surface area contributed by atoms with E-state index >= 15 is 0 Å². The maximum absolute atomic E-state index is 12.0. The maximum Gasteiger partial charge on any atom is 0.341 e. The smallest absolute Gasteiger partial charge is 0.341 e. The van der Waals surface area contributed by atoms with E-state index in [1.54, 1.807) is 0 Å². The number of methoxy groups -OCH3 is 1. The van der Waals surface area contributed by atoms with Crippen molar-refractivity contribution in [3.8, 4) is 5.75 Å². The fourth-order valence-corrected chi connectivity index (χ4v) is 1.15. The molecule has 5 nitrogen and oxygen atoms in total. The van der Waals surface area contributed by atoms with Crippen LogP contribution in [0.1, 0.15) is 10.4 Å². The number of nitrogen functional groups attached to an aromatic ring is 2. The molecule has 0 heterocycles. The molecule has 1 aromatic rings. The van der Waals surface area contributed by atoms with E-state index in [0.29, 0.717) is 0 Å². The summed E-state index contributed by atoms with van der Waals surface area (Å²) < 4.78 is 33.3. The standard InChI is InChI=1S/C10H12F2N2O3/c1-16-10(15)5-2-6(13)7(14)3-8(5)17-4-9(11)12/h2-3,9H,4,13-14H2,1H3. The maximum atomic E-state index is 12.0. The highest BCUT2D eigenvalue weighted by Gasteiger charge is 2.16. The van der Waals surface area contributed by atoms with Crippen LogP contribution in [0.4, 0.5) is 20.2 Å². The van der Waals surface area contributed by atoms with Gasteiger partial charge in [-0.2, -0.15) is 0 Å². The Kier molecular flexibility index (Phi) is 4.08. The molecular formula is C10H12F2N2O3. The third-order valence-electron chi connectivity index (χ3n) is 1.96. The van der Waals surface area contributed by atoms with Gasteiger partial charge in [-0.05, 0) is 6.07 Å². The number of carbonyl (C=O) groups excluding carboxylic acids is 1. The van der Waals surface area contributed by atoms with Gasteiger partial charge in [0.1, 0.15) is 17.9 Å². The van der Waals surface area contributed by atoms with Gasteiger partial charge in [-0.25, -0.2) is 13.6 Å². The first kappa shape index (κ1) is 13.0. The highest BCUT2D eigenvalue weighted by Crippen LogP contribution is 2.28. The predicted molar refractivity (Wildman–Crippen MR) is 58.1 cm³/mol. The molecule has 0 amide bonds. The Morgan fingerprint density at radius 2 is 1.94 bits per heavy atom. The highest BCUT2D eigenvalue weighted by molar-refractivity contribution is 5.95. The summed E-state index contributed by atoms with van der Waals surface area (Å²) in [5, 5.41) is 0. The van der Waals surface area contributed by atoms with Crippen molar-refractivity contribution in [1.82, 2.24) is 0 Å². The van der Waals surface area contributed by atoms with Gasteiger partial charge >= 0.3 is 5.97 Å². The molecule has 0 aliphatic rings. The van der Waals surface area contributed by atoms with Gasteiger partial charge in [-0.15, -0.1) is 0 Å². The summed E-state index contributed by atoms with van der Waals surface area (Å²) >= 11 is 0. The molecule has 0 saturated carbocycles. The number of nitrogens with two attached hydrogens (primary N) is 2. The van der Waals surface area contributed by atoms with Crippen LogP contribution in [0, 0.1) is 0 Å². The van der Waals surface area contributed by atoms with Crippen LogP contribution >= 0.6 is 0 Å². The van der Waals surface area contributed by atoms with Crippen LogP contribution in [0.2, 0.25) is 0 Å². The molecule has 7 heteroatoms.